The van der Waals surface area contributed by atoms with E-state index in [9.17, 15) is 0 Å². The molecule has 0 amide bonds. The van der Waals surface area contributed by atoms with E-state index in [1.807, 2.05) is 13.3 Å². The fourth-order valence-corrected chi connectivity index (χ4v) is 3.09. The summed E-state index contributed by atoms with van der Waals surface area (Å²) in [6.45, 7) is 1.92. The van der Waals surface area contributed by atoms with Crippen LogP contribution in [0.4, 0.5) is 0 Å². The van der Waals surface area contributed by atoms with Crippen LogP contribution in [0.15, 0.2) is 12.1 Å². The molecule has 1 aromatic carbocycles. The van der Waals surface area contributed by atoms with Gasteiger partial charge < -0.3 is 0 Å². The summed E-state index contributed by atoms with van der Waals surface area (Å²) in [5.41, 5.74) is 3.03. The molecule has 1 rings (SSSR count). The number of hydrogen-bond acceptors (Lipinski definition) is 0. The van der Waals surface area contributed by atoms with Crippen molar-refractivity contribution in [3.63, 3.8) is 0 Å². The van der Waals surface area contributed by atoms with E-state index in [2.05, 4.69) is 0 Å². The smallest absolute Gasteiger partial charge is 0.100 e. The fourth-order valence-electron chi connectivity index (χ4n) is 1.78. The molecule has 0 fully saturated rings. The first-order chi connectivity index (χ1) is 8.40. The highest BCUT2D eigenvalue weighted by Gasteiger charge is 2.23. The maximum atomic E-state index is 6.02. The molecule has 0 saturated carbocycles. The summed E-state index contributed by atoms with van der Waals surface area (Å²) in [6.07, 6.45) is 2.61. The van der Waals surface area contributed by atoms with Gasteiger partial charge in [0.2, 0.25) is 0 Å². The second-order valence-electron chi connectivity index (χ2n) is 3.65. The lowest BCUT2D eigenvalue weighted by atomic mass is 9.94. The van der Waals surface area contributed by atoms with E-state index in [0.717, 1.165) is 11.1 Å². The molecule has 101 valence electrons. The van der Waals surface area contributed by atoms with Crippen LogP contribution in [-0.4, -0.2) is 0 Å². The van der Waals surface area contributed by atoms with Crippen molar-refractivity contribution in [2.45, 2.75) is 27.9 Å². The van der Waals surface area contributed by atoms with Gasteiger partial charge in [-0.2, -0.15) is 0 Å². The second kappa shape index (κ2) is 7.67. The van der Waals surface area contributed by atoms with Crippen molar-refractivity contribution in [1.29, 1.82) is 0 Å². The van der Waals surface area contributed by atoms with Gasteiger partial charge in [0, 0.05) is 0 Å². The molecule has 0 aromatic heterocycles. The Kier molecular flexibility index (Phi) is 7.25. The summed E-state index contributed by atoms with van der Waals surface area (Å²) >= 11 is 35.8. The van der Waals surface area contributed by atoms with Crippen molar-refractivity contribution in [1.82, 2.24) is 0 Å². The minimum atomic E-state index is -0.734. The molecule has 6 heteroatoms. The third kappa shape index (κ3) is 3.98. The topological polar surface area (TPSA) is 0 Å². The summed E-state index contributed by atoms with van der Waals surface area (Å²) in [5.74, 6) is 0. The lowest BCUT2D eigenvalue weighted by Crippen LogP contribution is -2.05. The fraction of sp³-hybridized carbons (Fsp3) is 0.417. The van der Waals surface area contributed by atoms with Crippen LogP contribution in [0.3, 0.4) is 0 Å². The van der Waals surface area contributed by atoms with Gasteiger partial charge in [-0.05, 0) is 35.1 Å². The summed E-state index contributed by atoms with van der Waals surface area (Å²) in [7, 11) is 0. The zero-order valence-corrected chi connectivity index (χ0v) is 14.0. The van der Waals surface area contributed by atoms with Crippen molar-refractivity contribution in [2.75, 3.05) is 0 Å². The summed E-state index contributed by atoms with van der Waals surface area (Å²) in [6, 6.07) is 3.56. The zero-order valence-electron chi connectivity index (χ0n) is 9.44. The Labute approximate surface area is 137 Å². The van der Waals surface area contributed by atoms with Crippen LogP contribution in [-0.2, 0) is 6.42 Å². The van der Waals surface area contributed by atoms with Crippen LogP contribution in [0.1, 0.15) is 43.7 Å². The average Bonchev–Trinajstić information content (AvgIpc) is 2.27. The molecule has 0 aliphatic heterocycles. The quantitative estimate of drug-likeness (QED) is 0.497. The minimum absolute atomic E-state index is 0.644. The molecule has 0 atom stereocenters. The molecular weight excluding hydrogens is 357 g/mol. The van der Waals surface area contributed by atoms with Crippen LogP contribution in [0.2, 0.25) is 0 Å². The Bertz CT molecular complexity index is 400. The normalized spacial score (nSPS) is 11.9. The van der Waals surface area contributed by atoms with E-state index >= 15 is 0 Å². The molecule has 0 unspecified atom stereocenters. The van der Waals surface area contributed by atoms with E-state index < -0.39 is 14.5 Å². The van der Waals surface area contributed by atoms with Gasteiger partial charge in [0.1, 0.15) is 14.5 Å². The monoisotopic (exact) mass is 365 g/mol. The van der Waals surface area contributed by atoms with Crippen molar-refractivity contribution in [3.05, 3.63) is 40.8 Å². The molecule has 0 aliphatic carbocycles. The van der Waals surface area contributed by atoms with Gasteiger partial charge in [-0.3, -0.25) is 0 Å². The Morgan fingerprint density at radius 2 is 1.39 bits per heavy atom. The highest BCUT2D eigenvalue weighted by molar-refractivity contribution is 6.46. The summed E-state index contributed by atoms with van der Waals surface area (Å²) in [4.78, 5) is -2.08. The largest absolute Gasteiger partial charge is 0.133 e. The molecule has 18 heavy (non-hydrogen) atoms. The first-order valence-electron chi connectivity index (χ1n) is 5.18. The van der Waals surface area contributed by atoms with Crippen molar-refractivity contribution in [2.24, 2.45) is 0 Å². The lowest BCUT2D eigenvalue weighted by molar-refractivity contribution is 1.03. The van der Waals surface area contributed by atoms with Crippen LogP contribution in [0, 0.1) is 6.42 Å². The number of benzene rings is 1. The van der Waals surface area contributed by atoms with Crippen LogP contribution in [0.5, 0.6) is 0 Å². The van der Waals surface area contributed by atoms with Crippen molar-refractivity contribution >= 4 is 69.6 Å². The van der Waals surface area contributed by atoms with Crippen LogP contribution >= 0.6 is 69.6 Å². The van der Waals surface area contributed by atoms with E-state index in [4.69, 9.17) is 69.6 Å². The highest BCUT2D eigenvalue weighted by atomic mass is 35.5. The first-order valence-corrected chi connectivity index (χ1v) is 7.79. The van der Waals surface area contributed by atoms with E-state index in [-0.39, 0.29) is 0 Å². The van der Waals surface area contributed by atoms with Gasteiger partial charge in [0.15, 0.2) is 0 Å². The maximum Gasteiger partial charge on any atom is 0.133 e. The van der Waals surface area contributed by atoms with E-state index in [1.165, 1.54) is 0 Å². The predicted molar refractivity (Wildman–Crippen MR) is 83.5 cm³/mol. The van der Waals surface area contributed by atoms with Crippen molar-refractivity contribution < 1.29 is 0 Å². The van der Waals surface area contributed by atoms with E-state index in [1.54, 1.807) is 12.1 Å². The second-order valence-corrected chi connectivity index (χ2v) is 6.94. The molecular formula is C12H11Cl6. The predicted octanol–water partition coefficient (Wildman–Crippen LogP) is 6.88. The molecule has 1 radical (unpaired) electrons. The van der Waals surface area contributed by atoms with Gasteiger partial charge in [-0.25, -0.2) is 0 Å². The maximum absolute atomic E-state index is 6.02. The van der Waals surface area contributed by atoms with Crippen LogP contribution < -0.4 is 0 Å². The minimum Gasteiger partial charge on any atom is -0.100 e. The standard InChI is InChI=1S/C12H11Cl6/c1-2-3-6-7(10(13)14)4-5-8(11(15)16)9(6)12(17)18/h2,4-5,10-12H,3H2,1H3. The number of halogens is 6. The summed E-state index contributed by atoms with van der Waals surface area (Å²) < 4.78 is 0. The van der Waals surface area contributed by atoms with Gasteiger partial charge in [-0.1, -0.05) is 19.1 Å². The molecule has 0 spiro atoms. The molecule has 0 nitrogen and oxygen atoms in total. The third-order valence-electron chi connectivity index (χ3n) is 2.52. The van der Waals surface area contributed by atoms with Gasteiger partial charge >= 0.3 is 0 Å². The lowest BCUT2D eigenvalue weighted by Gasteiger charge is -2.20. The Balaban J connectivity index is 3.49. The molecule has 0 aliphatic rings. The zero-order chi connectivity index (χ0) is 13.9. The molecule has 0 bridgehead atoms. The van der Waals surface area contributed by atoms with Crippen molar-refractivity contribution in [3.8, 4) is 0 Å². The van der Waals surface area contributed by atoms with E-state index in [0.29, 0.717) is 17.5 Å². The third-order valence-corrected chi connectivity index (χ3v) is 3.90. The molecule has 0 heterocycles. The molecule has 0 N–H and O–H groups in total. The molecule has 1 aromatic rings. The van der Waals surface area contributed by atoms with Gasteiger partial charge in [-0.15, -0.1) is 69.6 Å². The van der Waals surface area contributed by atoms with Crippen LogP contribution in [0.25, 0.3) is 0 Å². The first kappa shape index (κ1) is 17.0. The Morgan fingerprint density at radius 3 is 1.78 bits per heavy atom. The number of alkyl halides is 6. The SMILES string of the molecule is C[CH]Cc1c(C(Cl)Cl)ccc(C(Cl)Cl)c1C(Cl)Cl. The molecule has 0 saturated heterocycles. The Morgan fingerprint density at radius 1 is 0.889 bits per heavy atom. The number of hydrogen-bond donors (Lipinski definition) is 0. The van der Waals surface area contributed by atoms with Gasteiger partial charge in [0.25, 0.3) is 0 Å². The highest BCUT2D eigenvalue weighted by Crippen LogP contribution is 2.42. The average molecular weight is 368 g/mol. The summed E-state index contributed by atoms with van der Waals surface area (Å²) in [5, 5.41) is 0. The Hall–Kier alpha value is 0.960. The van der Waals surface area contributed by atoms with Gasteiger partial charge in [0.05, 0.1) is 0 Å². The number of rotatable bonds is 5.